The molecule has 5 nitrogen and oxygen atoms in total. The molecule has 2 atom stereocenters. The third-order valence-corrected chi connectivity index (χ3v) is 4.96. The van der Waals surface area contributed by atoms with Crippen LogP contribution in [0.4, 0.5) is 10.2 Å². The molecule has 2 heterocycles. The van der Waals surface area contributed by atoms with Crippen molar-refractivity contribution < 1.29 is 9.13 Å². The van der Waals surface area contributed by atoms with Gasteiger partial charge in [-0.05, 0) is 31.0 Å². The summed E-state index contributed by atoms with van der Waals surface area (Å²) in [6.45, 7) is 1.98. The largest absolute Gasteiger partial charge is 0.473 e. The molecule has 1 aliphatic carbocycles. The predicted molar refractivity (Wildman–Crippen MR) is 99.1 cm³/mol. The van der Waals surface area contributed by atoms with Gasteiger partial charge in [-0.25, -0.2) is 4.39 Å². The van der Waals surface area contributed by atoms with Gasteiger partial charge in [-0.2, -0.15) is 10.2 Å². The zero-order valence-electron chi connectivity index (χ0n) is 14.2. The second-order valence-corrected chi connectivity index (χ2v) is 6.44. The molecule has 1 saturated carbocycles. The number of hydrogen-bond acceptors (Lipinski definition) is 5. The Morgan fingerprint density at radius 2 is 2.19 bits per heavy atom. The predicted octanol–water partition coefficient (Wildman–Crippen LogP) is 3.03. The van der Waals surface area contributed by atoms with E-state index in [1.807, 2.05) is 18.2 Å². The number of pyridine rings is 1. The molecular formula is C19H20ClFN4O. The van der Waals surface area contributed by atoms with Gasteiger partial charge < -0.3 is 15.0 Å². The molecule has 26 heavy (non-hydrogen) atoms. The number of rotatable bonds is 4. The van der Waals surface area contributed by atoms with E-state index in [1.54, 1.807) is 18.2 Å². The molecule has 1 aromatic carbocycles. The Labute approximate surface area is 158 Å². The van der Waals surface area contributed by atoms with Gasteiger partial charge in [0, 0.05) is 36.8 Å². The van der Waals surface area contributed by atoms with Gasteiger partial charge in [0.15, 0.2) is 0 Å². The number of benzene rings is 1. The van der Waals surface area contributed by atoms with Crippen molar-refractivity contribution in [1.29, 1.82) is 5.26 Å². The van der Waals surface area contributed by atoms with E-state index in [0.29, 0.717) is 29.1 Å². The molecule has 0 unspecified atom stereocenters. The molecule has 0 radical (unpaired) electrons. The van der Waals surface area contributed by atoms with Crippen molar-refractivity contribution in [3.05, 3.63) is 53.3 Å². The third-order valence-electron chi connectivity index (χ3n) is 4.96. The minimum Gasteiger partial charge on any atom is -0.473 e. The fourth-order valence-corrected chi connectivity index (χ4v) is 3.44. The van der Waals surface area contributed by atoms with Crippen molar-refractivity contribution in [3.8, 4) is 11.9 Å². The first-order valence-electron chi connectivity index (χ1n) is 8.53. The van der Waals surface area contributed by atoms with Crippen molar-refractivity contribution in [2.24, 2.45) is 0 Å². The quantitative estimate of drug-likeness (QED) is 0.891. The fraction of sp³-hybridized carbons (Fsp3) is 0.368. The Bertz CT molecular complexity index is 825. The number of ether oxygens (including phenoxy) is 1. The average molecular weight is 375 g/mol. The lowest BCUT2D eigenvalue weighted by Crippen LogP contribution is -2.63. The van der Waals surface area contributed by atoms with Gasteiger partial charge in [0.25, 0.3) is 0 Å². The molecule has 7 heteroatoms. The highest BCUT2D eigenvalue weighted by atomic mass is 35.5. The summed E-state index contributed by atoms with van der Waals surface area (Å²) in [5, 5.41) is 12.3. The molecule has 1 aliphatic heterocycles. The molecule has 0 amide bonds. The molecule has 2 aliphatic rings. The molecule has 1 aromatic heterocycles. The fourth-order valence-electron chi connectivity index (χ4n) is 3.44. The van der Waals surface area contributed by atoms with E-state index < -0.39 is 5.82 Å². The summed E-state index contributed by atoms with van der Waals surface area (Å²) in [6.07, 6.45) is 2.40. The van der Waals surface area contributed by atoms with Crippen LogP contribution >= 0.6 is 12.4 Å². The second kappa shape index (κ2) is 7.90. The molecule has 2 aromatic rings. The number of piperazine rings is 1. The smallest absolute Gasteiger partial charge is 0.215 e. The van der Waals surface area contributed by atoms with Gasteiger partial charge in [0.05, 0.1) is 11.6 Å². The van der Waals surface area contributed by atoms with Crippen LogP contribution in [0.3, 0.4) is 0 Å². The minimum absolute atomic E-state index is 0. The van der Waals surface area contributed by atoms with Crippen LogP contribution < -0.4 is 15.0 Å². The molecule has 2 fully saturated rings. The molecule has 136 valence electrons. The standard InChI is InChI=1S/C19H19FN4O.ClH/c20-15-10-13(11-21)4-5-14(15)12-25-19-3-1-2-18(23-19)24-9-8-22-16-6-7-17(16)24;/h1-5,10,16-17,22H,6-9,12H2;1H/t16-,17-;/m1./s1. The van der Waals surface area contributed by atoms with E-state index in [9.17, 15) is 4.39 Å². The van der Waals surface area contributed by atoms with Gasteiger partial charge in [0.2, 0.25) is 5.88 Å². The number of aromatic nitrogens is 1. The summed E-state index contributed by atoms with van der Waals surface area (Å²) in [5.41, 5.74) is 0.711. The van der Waals surface area contributed by atoms with E-state index in [0.717, 1.165) is 18.9 Å². The van der Waals surface area contributed by atoms with Gasteiger partial charge in [-0.1, -0.05) is 12.1 Å². The normalized spacial score (nSPS) is 21.0. The van der Waals surface area contributed by atoms with E-state index in [4.69, 9.17) is 10.00 Å². The molecule has 1 saturated heterocycles. The molecule has 0 bridgehead atoms. The van der Waals surface area contributed by atoms with E-state index in [2.05, 4.69) is 15.2 Å². The number of halogens is 2. The van der Waals surface area contributed by atoms with Crippen LogP contribution in [0.15, 0.2) is 36.4 Å². The van der Waals surface area contributed by atoms with Crippen LogP contribution in [0.2, 0.25) is 0 Å². The van der Waals surface area contributed by atoms with E-state index in [1.165, 1.54) is 18.9 Å². The first-order chi connectivity index (χ1) is 12.2. The lowest BCUT2D eigenvalue weighted by molar-refractivity contribution is 0.238. The Kier molecular flexibility index (Phi) is 5.60. The van der Waals surface area contributed by atoms with Crippen LogP contribution in [-0.2, 0) is 6.61 Å². The highest BCUT2D eigenvalue weighted by molar-refractivity contribution is 5.85. The number of fused-ring (bicyclic) bond motifs is 1. The highest BCUT2D eigenvalue weighted by Crippen LogP contribution is 2.31. The minimum atomic E-state index is -0.436. The van der Waals surface area contributed by atoms with Crippen molar-refractivity contribution in [1.82, 2.24) is 10.3 Å². The van der Waals surface area contributed by atoms with Crippen molar-refractivity contribution in [2.45, 2.75) is 31.5 Å². The van der Waals surface area contributed by atoms with Gasteiger partial charge in [-0.3, -0.25) is 0 Å². The van der Waals surface area contributed by atoms with Crippen molar-refractivity contribution in [3.63, 3.8) is 0 Å². The maximum Gasteiger partial charge on any atom is 0.215 e. The van der Waals surface area contributed by atoms with Gasteiger partial charge in [-0.15, -0.1) is 12.4 Å². The highest BCUT2D eigenvalue weighted by Gasteiger charge is 2.38. The lowest BCUT2D eigenvalue weighted by Gasteiger charge is -2.49. The Hall–Kier alpha value is -2.36. The van der Waals surface area contributed by atoms with Crippen LogP contribution in [0.5, 0.6) is 5.88 Å². The number of nitrogens with zero attached hydrogens (tertiary/aromatic N) is 3. The summed E-state index contributed by atoms with van der Waals surface area (Å²) in [7, 11) is 0. The number of nitrogens with one attached hydrogen (secondary N) is 1. The summed E-state index contributed by atoms with van der Waals surface area (Å²) in [5.74, 6) is 0.958. The maximum absolute atomic E-state index is 13.9. The number of anilines is 1. The summed E-state index contributed by atoms with van der Waals surface area (Å²) >= 11 is 0. The van der Waals surface area contributed by atoms with Crippen molar-refractivity contribution in [2.75, 3.05) is 18.0 Å². The van der Waals surface area contributed by atoms with Crippen LogP contribution in [-0.4, -0.2) is 30.2 Å². The zero-order valence-corrected chi connectivity index (χ0v) is 15.0. The molecule has 0 spiro atoms. The average Bonchev–Trinajstić information content (AvgIpc) is 2.61. The SMILES string of the molecule is Cl.N#Cc1ccc(COc2cccc(N3CCN[C@@H]4CC[C@H]43)n2)c(F)c1. The van der Waals surface area contributed by atoms with Crippen LogP contribution in [0, 0.1) is 17.1 Å². The first-order valence-corrected chi connectivity index (χ1v) is 8.53. The van der Waals surface area contributed by atoms with Crippen LogP contribution in [0.1, 0.15) is 24.0 Å². The zero-order chi connectivity index (χ0) is 17.2. The first kappa shape index (κ1) is 18.4. The van der Waals surface area contributed by atoms with E-state index in [-0.39, 0.29) is 19.0 Å². The number of nitriles is 1. The molecular weight excluding hydrogens is 355 g/mol. The maximum atomic E-state index is 13.9. The Morgan fingerprint density at radius 3 is 2.92 bits per heavy atom. The van der Waals surface area contributed by atoms with Gasteiger partial charge in [0.1, 0.15) is 18.2 Å². The summed E-state index contributed by atoms with van der Waals surface area (Å²) in [6, 6.07) is 13.1. The third kappa shape index (κ3) is 3.59. The lowest BCUT2D eigenvalue weighted by atomic mass is 9.83. The van der Waals surface area contributed by atoms with Crippen LogP contribution in [0.25, 0.3) is 0 Å². The monoisotopic (exact) mass is 374 g/mol. The summed E-state index contributed by atoms with van der Waals surface area (Å²) < 4.78 is 19.6. The Balaban J connectivity index is 0.00000196. The van der Waals surface area contributed by atoms with Crippen molar-refractivity contribution >= 4 is 18.2 Å². The number of hydrogen-bond donors (Lipinski definition) is 1. The topological polar surface area (TPSA) is 61.2 Å². The van der Waals surface area contributed by atoms with Gasteiger partial charge >= 0.3 is 0 Å². The molecule has 1 N–H and O–H groups in total. The summed E-state index contributed by atoms with van der Waals surface area (Å²) in [4.78, 5) is 6.93. The second-order valence-electron chi connectivity index (χ2n) is 6.44. The van der Waals surface area contributed by atoms with E-state index >= 15 is 0 Å². The molecule has 4 rings (SSSR count). The Morgan fingerprint density at radius 1 is 1.31 bits per heavy atom.